The van der Waals surface area contributed by atoms with E-state index < -0.39 is 56.9 Å². The minimum Gasteiger partial charge on any atom is -0.497 e. The average molecular weight is 654 g/mol. The number of methoxy groups -OCH3 is 1. The third-order valence-corrected chi connectivity index (χ3v) is 9.23. The third kappa shape index (κ3) is 8.44. The number of benzene rings is 3. The van der Waals surface area contributed by atoms with Crippen LogP contribution in [0.5, 0.6) is 5.75 Å². The number of halogens is 4. The Morgan fingerprint density at radius 3 is 2.16 bits per heavy atom. The Labute approximate surface area is 260 Å². The van der Waals surface area contributed by atoms with Gasteiger partial charge in [-0.3, -0.25) is 13.9 Å². The fourth-order valence-corrected chi connectivity index (χ4v) is 5.86. The number of hydrogen-bond acceptors (Lipinski definition) is 5. The summed E-state index contributed by atoms with van der Waals surface area (Å²) in [7, 11) is -3.07. The molecule has 0 unspecified atom stereocenters. The van der Waals surface area contributed by atoms with Gasteiger partial charge in [0.25, 0.3) is 10.0 Å². The topological polar surface area (TPSA) is 96.0 Å². The molecule has 3 aromatic carbocycles. The van der Waals surface area contributed by atoms with Gasteiger partial charge in [-0.25, -0.2) is 8.42 Å². The van der Waals surface area contributed by atoms with Gasteiger partial charge in [0.2, 0.25) is 11.8 Å². The fraction of sp³-hybridized carbons (Fsp3) is 0.355. The van der Waals surface area contributed by atoms with E-state index in [1.807, 2.05) is 6.92 Å². The fourth-order valence-electron chi connectivity index (χ4n) is 4.23. The molecule has 2 atom stereocenters. The summed E-state index contributed by atoms with van der Waals surface area (Å²) in [5, 5.41) is 2.19. The standard InChI is InChI=1S/C31H35ClF3N3O5S/c1-6-21(3)36-30(40)22(4)37(18-23-9-12-25(43-5)13-10-23)29(39)19-38(44(41,42)26-14-7-20(2)8-15-26)24-11-16-28(32)27(17-24)31(33,34)35/h7-17,21-22H,6,18-19H2,1-5H3,(H,36,40)/t21-,22+/m1/s1. The van der Waals surface area contributed by atoms with Crippen LogP contribution in [0.1, 0.15) is 43.9 Å². The molecule has 3 aromatic rings. The van der Waals surface area contributed by atoms with Crippen molar-refractivity contribution in [3.05, 3.63) is 88.4 Å². The first kappa shape index (κ1) is 34.7. The largest absolute Gasteiger partial charge is 0.497 e. The molecule has 0 aliphatic carbocycles. The van der Waals surface area contributed by atoms with E-state index >= 15 is 0 Å². The summed E-state index contributed by atoms with van der Waals surface area (Å²) in [4.78, 5) is 28.1. The second-order valence-electron chi connectivity index (χ2n) is 10.4. The maximum absolute atomic E-state index is 14.0. The van der Waals surface area contributed by atoms with Crippen molar-refractivity contribution in [1.82, 2.24) is 10.2 Å². The molecule has 0 bridgehead atoms. The molecule has 8 nitrogen and oxygen atoms in total. The van der Waals surface area contributed by atoms with Crippen molar-refractivity contribution in [3.63, 3.8) is 0 Å². The van der Waals surface area contributed by atoms with Crippen LogP contribution in [0.25, 0.3) is 0 Å². The van der Waals surface area contributed by atoms with Crippen molar-refractivity contribution in [1.29, 1.82) is 0 Å². The Bertz CT molecular complexity index is 1570. The molecule has 238 valence electrons. The molecular formula is C31H35ClF3N3O5S. The van der Waals surface area contributed by atoms with Crippen LogP contribution in [-0.4, -0.2) is 50.9 Å². The van der Waals surface area contributed by atoms with Crippen molar-refractivity contribution < 1.29 is 35.9 Å². The normalized spacial score (nSPS) is 13.1. The van der Waals surface area contributed by atoms with Gasteiger partial charge in [-0.05, 0) is 75.2 Å². The summed E-state index contributed by atoms with van der Waals surface area (Å²) in [6.07, 6.45) is -4.26. The van der Waals surface area contributed by atoms with Gasteiger partial charge in [0.15, 0.2) is 0 Å². The molecule has 0 spiro atoms. The highest BCUT2D eigenvalue weighted by Crippen LogP contribution is 2.38. The van der Waals surface area contributed by atoms with Gasteiger partial charge in [0, 0.05) is 12.6 Å². The van der Waals surface area contributed by atoms with Gasteiger partial charge in [-0.15, -0.1) is 0 Å². The lowest BCUT2D eigenvalue weighted by atomic mass is 10.1. The number of ether oxygens (including phenoxy) is 1. The first-order valence-electron chi connectivity index (χ1n) is 13.8. The minimum absolute atomic E-state index is 0.0925. The zero-order valence-corrected chi connectivity index (χ0v) is 26.6. The van der Waals surface area contributed by atoms with E-state index in [0.717, 1.165) is 17.7 Å². The summed E-state index contributed by atoms with van der Waals surface area (Å²) in [5.41, 5.74) is -0.313. The third-order valence-electron chi connectivity index (χ3n) is 7.11. The van der Waals surface area contributed by atoms with Crippen LogP contribution in [0.4, 0.5) is 18.9 Å². The van der Waals surface area contributed by atoms with E-state index in [1.54, 1.807) is 38.1 Å². The zero-order chi connectivity index (χ0) is 32.8. The molecule has 44 heavy (non-hydrogen) atoms. The van der Waals surface area contributed by atoms with Gasteiger partial charge in [-0.2, -0.15) is 13.2 Å². The smallest absolute Gasteiger partial charge is 0.417 e. The quantitative estimate of drug-likeness (QED) is 0.251. The van der Waals surface area contributed by atoms with Gasteiger partial charge in [-0.1, -0.05) is 48.4 Å². The number of nitrogens with one attached hydrogen (secondary N) is 1. The first-order valence-corrected chi connectivity index (χ1v) is 15.6. The second-order valence-corrected chi connectivity index (χ2v) is 12.6. The molecule has 13 heteroatoms. The van der Waals surface area contributed by atoms with E-state index in [4.69, 9.17) is 16.3 Å². The van der Waals surface area contributed by atoms with Crippen LogP contribution >= 0.6 is 11.6 Å². The summed E-state index contributed by atoms with van der Waals surface area (Å²) < 4.78 is 75.0. The predicted molar refractivity (Wildman–Crippen MR) is 163 cm³/mol. The highest BCUT2D eigenvalue weighted by molar-refractivity contribution is 7.92. The molecule has 0 heterocycles. The number of anilines is 1. The lowest BCUT2D eigenvalue weighted by molar-refractivity contribution is -0.139. The number of nitrogens with zero attached hydrogens (tertiary/aromatic N) is 2. The summed E-state index contributed by atoms with van der Waals surface area (Å²) in [5.74, 6) is -0.723. The molecule has 0 saturated heterocycles. The number of alkyl halides is 3. The van der Waals surface area contributed by atoms with Crippen LogP contribution < -0.4 is 14.4 Å². The van der Waals surface area contributed by atoms with Gasteiger partial charge in [0.05, 0.1) is 28.3 Å². The van der Waals surface area contributed by atoms with Gasteiger partial charge >= 0.3 is 6.18 Å². The molecule has 0 aromatic heterocycles. The molecule has 0 aliphatic rings. The van der Waals surface area contributed by atoms with Crippen LogP contribution in [0.15, 0.2) is 71.6 Å². The van der Waals surface area contributed by atoms with Crippen molar-refractivity contribution >= 4 is 39.1 Å². The van der Waals surface area contributed by atoms with E-state index in [0.29, 0.717) is 28.1 Å². The molecular weight excluding hydrogens is 619 g/mol. The van der Waals surface area contributed by atoms with E-state index in [2.05, 4.69) is 5.32 Å². The second kappa shape index (κ2) is 14.3. The van der Waals surface area contributed by atoms with Crippen LogP contribution in [-0.2, 0) is 32.3 Å². The molecule has 2 amide bonds. The lowest BCUT2D eigenvalue weighted by Gasteiger charge is -2.32. The Kier molecular flexibility index (Phi) is 11.3. The first-order chi connectivity index (χ1) is 20.6. The average Bonchev–Trinajstić information content (AvgIpc) is 2.98. The number of carbonyl (C=O) groups excluding carboxylic acids is 2. The molecule has 0 aliphatic heterocycles. The van der Waals surface area contributed by atoms with Crippen LogP contribution in [0, 0.1) is 6.92 Å². The molecule has 0 radical (unpaired) electrons. The molecule has 0 saturated carbocycles. The number of rotatable bonds is 12. The van der Waals surface area contributed by atoms with Gasteiger partial charge in [0.1, 0.15) is 18.3 Å². The lowest BCUT2D eigenvalue weighted by Crippen LogP contribution is -2.52. The summed E-state index contributed by atoms with van der Waals surface area (Å²) in [6, 6.07) is 13.8. The maximum atomic E-state index is 14.0. The zero-order valence-electron chi connectivity index (χ0n) is 25.0. The van der Waals surface area contributed by atoms with Crippen molar-refractivity contribution in [2.75, 3.05) is 18.0 Å². The van der Waals surface area contributed by atoms with E-state index in [9.17, 15) is 31.2 Å². The number of hydrogen-bond donors (Lipinski definition) is 1. The highest BCUT2D eigenvalue weighted by Gasteiger charge is 2.37. The predicted octanol–water partition coefficient (Wildman–Crippen LogP) is 6.20. The monoisotopic (exact) mass is 653 g/mol. The Morgan fingerprint density at radius 2 is 1.61 bits per heavy atom. The molecule has 1 N–H and O–H groups in total. The number of amides is 2. The van der Waals surface area contributed by atoms with E-state index in [-0.39, 0.29) is 17.5 Å². The van der Waals surface area contributed by atoms with Crippen LogP contribution in [0.2, 0.25) is 5.02 Å². The van der Waals surface area contributed by atoms with Gasteiger partial charge < -0.3 is 15.0 Å². The van der Waals surface area contributed by atoms with Crippen LogP contribution in [0.3, 0.4) is 0 Å². The molecule has 0 fully saturated rings. The minimum atomic E-state index is -4.89. The SMILES string of the molecule is CC[C@@H](C)NC(=O)[C@H](C)N(Cc1ccc(OC)cc1)C(=O)CN(c1ccc(Cl)c(C(F)(F)F)c1)S(=O)(=O)c1ccc(C)cc1. The maximum Gasteiger partial charge on any atom is 0.417 e. The Morgan fingerprint density at radius 1 is 1.00 bits per heavy atom. The van der Waals surface area contributed by atoms with E-state index in [1.165, 1.54) is 43.2 Å². The summed E-state index contributed by atoms with van der Waals surface area (Å²) in [6.45, 7) is 5.94. The van der Waals surface area contributed by atoms with Crippen molar-refractivity contribution in [2.24, 2.45) is 0 Å². The number of aryl methyl sites for hydroxylation is 1. The molecule has 3 rings (SSSR count). The number of carbonyl (C=O) groups is 2. The summed E-state index contributed by atoms with van der Waals surface area (Å²) >= 11 is 5.82. The highest BCUT2D eigenvalue weighted by atomic mass is 35.5. The Balaban J connectivity index is 2.11. The van der Waals surface area contributed by atoms with Crippen molar-refractivity contribution in [3.8, 4) is 5.75 Å². The van der Waals surface area contributed by atoms with Crippen molar-refractivity contribution in [2.45, 2.75) is 63.8 Å². The Hall–Kier alpha value is -3.77. The number of sulfonamides is 1.